The molecule has 2 N–H and O–H groups in total. The van der Waals surface area contributed by atoms with E-state index in [9.17, 15) is 14.4 Å². The molecule has 1 aromatic carbocycles. The van der Waals surface area contributed by atoms with E-state index in [-0.39, 0.29) is 28.9 Å². The Morgan fingerprint density at radius 2 is 1.82 bits per heavy atom. The Morgan fingerprint density at radius 3 is 2.24 bits per heavy atom. The van der Waals surface area contributed by atoms with Gasteiger partial charge < -0.3 is 14.9 Å². The first-order valence-electron chi connectivity index (χ1n) is 4.59. The van der Waals surface area contributed by atoms with Crippen molar-refractivity contribution in [2.75, 3.05) is 7.11 Å². The maximum Gasteiger partial charge on any atom is 0.336 e. The molecule has 1 rings (SSSR count). The Hall–Kier alpha value is -2.21. The largest absolute Gasteiger partial charge is 0.478 e. The van der Waals surface area contributed by atoms with Crippen LogP contribution >= 0.6 is 0 Å². The third kappa shape index (κ3) is 2.67. The first kappa shape index (κ1) is 12.9. The van der Waals surface area contributed by atoms with Crippen LogP contribution in [0.4, 0.5) is 0 Å². The number of hydrogen-bond donors (Lipinski definition) is 2. The van der Waals surface area contributed by atoms with Gasteiger partial charge in [-0.15, -0.1) is 0 Å². The number of hydrogen-bond acceptors (Lipinski definition) is 4. The quantitative estimate of drug-likeness (QED) is 0.743. The van der Waals surface area contributed by atoms with Crippen molar-refractivity contribution in [3.8, 4) is 0 Å². The molecule has 0 fully saturated rings. The van der Waals surface area contributed by atoms with E-state index in [1.807, 2.05) is 0 Å². The first-order chi connectivity index (χ1) is 8.01. The minimum atomic E-state index is -1.29. The summed E-state index contributed by atoms with van der Waals surface area (Å²) >= 11 is 0. The molecule has 1 aromatic rings. The Bertz CT molecular complexity index is 477. The topological polar surface area (TPSA) is 101 Å². The smallest absolute Gasteiger partial charge is 0.336 e. The van der Waals surface area contributed by atoms with E-state index in [0.29, 0.717) is 6.29 Å². The Morgan fingerprint density at radius 1 is 1.24 bits per heavy atom. The molecule has 0 heterocycles. The van der Waals surface area contributed by atoms with E-state index in [2.05, 4.69) is 0 Å². The van der Waals surface area contributed by atoms with Crippen LogP contribution in [-0.4, -0.2) is 35.5 Å². The summed E-state index contributed by atoms with van der Waals surface area (Å²) in [5.41, 5.74) is -0.339. The molecule has 0 unspecified atom stereocenters. The zero-order valence-electron chi connectivity index (χ0n) is 8.97. The fraction of sp³-hybridized carbons (Fsp3) is 0.182. The van der Waals surface area contributed by atoms with Crippen LogP contribution in [-0.2, 0) is 11.3 Å². The minimum absolute atomic E-state index is 0.0406. The molecule has 0 atom stereocenters. The molecular formula is C11H10O6. The molecule has 0 aliphatic rings. The second-order valence-electron chi connectivity index (χ2n) is 3.26. The van der Waals surface area contributed by atoms with Crippen molar-refractivity contribution < 1.29 is 29.3 Å². The fourth-order valence-electron chi connectivity index (χ4n) is 1.42. The molecule has 0 radical (unpaired) electrons. The lowest BCUT2D eigenvalue weighted by atomic mass is 9.99. The van der Waals surface area contributed by atoms with Crippen LogP contribution in [0.1, 0.15) is 36.6 Å². The summed E-state index contributed by atoms with van der Waals surface area (Å²) < 4.78 is 4.78. The third-order valence-corrected chi connectivity index (χ3v) is 2.16. The molecule has 17 heavy (non-hydrogen) atoms. The van der Waals surface area contributed by atoms with Gasteiger partial charge in [0.05, 0.1) is 17.7 Å². The maximum atomic E-state index is 10.9. The monoisotopic (exact) mass is 238 g/mol. The average molecular weight is 238 g/mol. The molecular weight excluding hydrogens is 228 g/mol. The summed E-state index contributed by atoms with van der Waals surface area (Å²) in [5, 5.41) is 17.8. The van der Waals surface area contributed by atoms with Crippen LogP contribution in [0.2, 0.25) is 0 Å². The summed E-state index contributed by atoms with van der Waals surface area (Å²) in [6.07, 6.45) is 0.312. The van der Waals surface area contributed by atoms with Gasteiger partial charge in [-0.2, -0.15) is 0 Å². The summed E-state index contributed by atoms with van der Waals surface area (Å²) in [6.45, 7) is -0.0406. The zero-order chi connectivity index (χ0) is 13.0. The number of carbonyl (C=O) groups excluding carboxylic acids is 1. The molecule has 0 spiro atoms. The Kier molecular flexibility index (Phi) is 3.95. The third-order valence-electron chi connectivity index (χ3n) is 2.16. The first-order valence-corrected chi connectivity index (χ1v) is 4.59. The van der Waals surface area contributed by atoms with Gasteiger partial charge in [0.25, 0.3) is 0 Å². The molecule has 6 heteroatoms. The number of carbonyl (C=O) groups is 3. The Labute approximate surface area is 96.4 Å². The van der Waals surface area contributed by atoms with E-state index >= 15 is 0 Å². The number of rotatable bonds is 5. The molecule has 0 aromatic heterocycles. The number of benzene rings is 1. The van der Waals surface area contributed by atoms with Crippen molar-refractivity contribution in [1.82, 2.24) is 0 Å². The second-order valence-corrected chi connectivity index (χ2v) is 3.26. The van der Waals surface area contributed by atoms with Gasteiger partial charge in [0.1, 0.15) is 0 Å². The van der Waals surface area contributed by atoms with E-state index in [4.69, 9.17) is 14.9 Å². The molecule has 0 saturated carbocycles. The van der Waals surface area contributed by atoms with Gasteiger partial charge in [-0.1, -0.05) is 0 Å². The van der Waals surface area contributed by atoms with Gasteiger partial charge in [-0.3, -0.25) is 4.79 Å². The molecule has 0 saturated heterocycles. The number of aromatic carboxylic acids is 2. The van der Waals surface area contributed by atoms with Gasteiger partial charge in [0, 0.05) is 12.7 Å². The molecule has 0 aliphatic heterocycles. The molecule has 0 bridgehead atoms. The van der Waals surface area contributed by atoms with Gasteiger partial charge in [-0.05, 0) is 17.7 Å². The average Bonchev–Trinajstić information content (AvgIpc) is 2.28. The van der Waals surface area contributed by atoms with Crippen molar-refractivity contribution in [2.45, 2.75) is 6.61 Å². The highest BCUT2D eigenvalue weighted by Crippen LogP contribution is 2.17. The van der Waals surface area contributed by atoms with Crippen molar-refractivity contribution >= 4 is 18.2 Å². The van der Waals surface area contributed by atoms with Gasteiger partial charge in [-0.25, -0.2) is 9.59 Å². The number of ether oxygens (including phenoxy) is 1. The normalized spacial score (nSPS) is 9.94. The highest BCUT2D eigenvalue weighted by Gasteiger charge is 2.17. The molecule has 0 amide bonds. The van der Waals surface area contributed by atoms with Gasteiger partial charge in [0.15, 0.2) is 6.29 Å². The van der Waals surface area contributed by atoms with Crippen LogP contribution in [0.15, 0.2) is 12.1 Å². The second kappa shape index (κ2) is 5.22. The van der Waals surface area contributed by atoms with Crippen LogP contribution in [0.3, 0.4) is 0 Å². The van der Waals surface area contributed by atoms with Crippen molar-refractivity contribution in [3.63, 3.8) is 0 Å². The van der Waals surface area contributed by atoms with Crippen LogP contribution in [0.5, 0.6) is 0 Å². The lowest BCUT2D eigenvalue weighted by molar-refractivity contribution is 0.0675. The lowest BCUT2D eigenvalue weighted by Crippen LogP contribution is -2.10. The van der Waals surface area contributed by atoms with E-state index in [1.165, 1.54) is 7.11 Å². The standard InChI is InChI=1S/C11H10O6/c1-17-5-7-3-8(10(13)14)6(4-12)2-9(7)11(15)16/h2-4H,5H2,1H3,(H,13,14)(H,15,16). The number of methoxy groups -OCH3 is 1. The SMILES string of the molecule is COCc1cc(C(=O)O)c(C=O)cc1C(=O)O. The highest BCUT2D eigenvalue weighted by atomic mass is 16.5. The van der Waals surface area contributed by atoms with Crippen LogP contribution in [0, 0.1) is 0 Å². The zero-order valence-corrected chi connectivity index (χ0v) is 8.97. The number of aldehydes is 1. The predicted molar refractivity (Wildman–Crippen MR) is 56.5 cm³/mol. The van der Waals surface area contributed by atoms with E-state index in [1.54, 1.807) is 0 Å². The highest BCUT2D eigenvalue weighted by molar-refractivity contribution is 6.00. The minimum Gasteiger partial charge on any atom is -0.478 e. The Balaban J connectivity index is 3.47. The summed E-state index contributed by atoms with van der Waals surface area (Å²) in [6, 6.07) is 2.17. The fourth-order valence-corrected chi connectivity index (χ4v) is 1.42. The summed E-state index contributed by atoms with van der Waals surface area (Å²) in [7, 11) is 1.36. The van der Waals surface area contributed by atoms with Gasteiger partial charge >= 0.3 is 11.9 Å². The van der Waals surface area contributed by atoms with Crippen molar-refractivity contribution in [2.24, 2.45) is 0 Å². The summed E-state index contributed by atoms with van der Waals surface area (Å²) in [5.74, 6) is -2.53. The summed E-state index contributed by atoms with van der Waals surface area (Å²) in [4.78, 5) is 32.5. The molecule has 6 nitrogen and oxygen atoms in total. The van der Waals surface area contributed by atoms with Crippen molar-refractivity contribution in [3.05, 3.63) is 34.4 Å². The van der Waals surface area contributed by atoms with Crippen LogP contribution < -0.4 is 0 Å². The lowest BCUT2D eigenvalue weighted by Gasteiger charge is -2.08. The number of carboxylic acids is 2. The maximum absolute atomic E-state index is 10.9. The molecule has 90 valence electrons. The van der Waals surface area contributed by atoms with E-state index in [0.717, 1.165) is 12.1 Å². The van der Waals surface area contributed by atoms with Crippen LogP contribution in [0.25, 0.3) is 0 Å². The molecule has 0 aliphatic carbocycles. The van der Waals surface area contributed by atoms with Crippen molar-refractivity contribution in [1.29, 1.82) is 0 Å². The van der Waals surface area contributed by atoms with E-state index < -0.39 is 11.9 Å². The predicted octanol–water partition coefficient (Wildman–Crippen LogP) is 1.04. The number of carboxylic acid groups (broad SMARTS) is 2. The van der Waals surface area contributed by atoms with Gasteiger partial charge in [0.2, 0.25) is 0 Å².